The van der Waals surface area contributed by atoms with Gasteiger partial charge in [-0.15, -0.1) is 0 Å². The van der Waals surface area contributed by atoms with Gasteiger partial charge in [0.2, 0.25) is 0 Å². The van der Waals surface area contributed by atoms with Gasteiger partial charge < -0.3 is 10.0 Å². The maximum atomic E-state index is 9.49. The van der Waals surface area contributed by atoms with Crippen LogP contribution in [-0.4, -0.2) is 23.2 Å². The summed E-state index contributed by atoms with van der Waals surface area (Å²) in [6, 6.07) is 3.82. The first kappa shape index (κ1) is 10.2. The van der Waals surface area contributed by atoms with Crippen molar-refractivity contribution in [3.8, 4) is 0 Å². The van der Waals surface area contributed by atoms with Crippen molar-refractivity contribution in [3.63, 3.8) is 0 Å². The van der Waals surface area contributed by atoms with Crippen molar-refractivity contribution in [2.24, 2.45) is 0 Å². The molecule has 1 aromatic heterocycles. The Morgan fingerprint density at radius 1 is 1.47 bits per heavy atom. The third kappa shape index (κ3) is 2.36. The molecule has 80 valence electrons. The molecule has 15 heavy (non-hydrogen) atoms. The molecule has 0 bridgehead atoms. The average Bonchev–Trinajstić information content (AvgIpc) is 2.30. The minimum Gasteiger partial charge on any atom is -0.389 e. The smallest absolute Gasteiger partial charge is 0.129 e. The summed E-state index contributed by atoms with van der Waals surface area (Å²) in [5, 5.41) is 9.49. The fourth-order valence-electron chi connectivity index (χ4n) is 1.72. The van der Waals surface area contributed by atoms with Gasteiger partial charge in [0.05, 0.1) is 6.10 Å². The first-order chi connectivity index (χ1) is 7.27. The van der Waals surface area contributed by atoms with Crippen LogP contribution < -0.4 is 4.90 Å². The van der Waals surface area contributed by atoms with E-state index in [-0.39, 0.29) is 0 Å². The van der Waals surface area contributed by atoms with E-state index in [2.05, 4.69) is 22.0 Å². The molecule has 1 N–H and O–H groups in total. The molecular weight excluding hydrogens is 188 g/mol. The first-order valence-corrected chi connectivity index (χ1v) is 5.31. The summed E-state index contributed by atoms with van der Waals surface area (Å²) in [7, 11) is 0. The topological polar surface area (TPSA) is 36.4 Å². The number of aliphatic hydroxyl groups excluding tert-OH is 1. The summed E-state index contributed by atoms with van der Waals surface area (Å²) in [5.74, 6) is 0.956. The fourth-order valence-corrected chi connectivity index (χ4v) is 1.72. The third-order valence-corrected chi connectivity index (χ3v) is 2.63. The van der Waals surface area contributed by atoms with E-state index in [1.54, 1.807) is 13.1 Å². The van der Waals surface area contributed by atoms with E-state index >= 15 is 0 Å². The van der Waals surface area contributed by atoms with Crippen LogP contribution in [0.25, 0.3) is 0 Å². The molecule has 2 heterocycles. The van der Waals surface area contributed by atoms with Gasteiger partial charge >= 0.3 is 0 Å². The van der Waals surface area contributed by atoms with Crippen molar-refractivity contribution in [2.45, 2.75) is 19.4 Å². The lowest BCUT2D eigenvalue weighted by Gasteiger charge is -2.24. The number of rotatable bonds is 2. The van der Waals surface area contributed by atoms with Crippen molar-refractivity contribution in [2.75, 3.05) is 18.0 Å². The highest BCUT2D eigenvalue weighted by molar-refractivity contribution is 5.43. The monoisotopic (exact) mass is 204 g/mol. The van der Waals surface area contributed by atoms with Crippen molar-refractivity contribution < 1.29 is 5.11 Å². The summed E-state index contributed by atoms with van der Waals surface area (Å²) in [6.45, 7) is 3.69. The summed E-state index contributed by atoms with van der Waals surface area (Å²) in [5.41, 5.74) is 0.926. The summed E-state index contributed by atoms with van der Waals surface area (Å²) < 4.78 is 0. The molecule has 0 amide bonds. The van der Waals surface area contributed by atoms with Gasteiger partial charge in [-0.3, -0.25) is 0 Å². The molecule has 1 aliphatic heterocycles. The molecule has 2 rings (SSSR count). The van der Waals surface area contributed by atoms with E-state index in [1.165, 1.54) is 0 Å². The zero-order valence-electron chi connectivity index (χ0n) is 8.93. The molecule has 3 heteroatoms. The summed E-state index contributed by atoms with van der Waals surface area (Å²) in [6.07, 6.45) is 6.75. The summed E-state index contributed by atoms with van der Waals surface area (Å²) >= 11 is 0. The van der Waals surface area contributed by atoms with Crippen LogP contribution in [0, 0.1) is 0 Å². The normalized spacial score (nSPS) is 17.9. The molecule has 0 aromatic carbocycles. The van der Waals surface area contributed by atoms with Crippen molar-refractivity contribution >= 4 is 5.82 Å². The second-order valence-corrected chi connectivity index (χ2v) is 3.83. The number of aromatic nitrogens is 1. The van der Waals surface area contributed by atoms with Gasteiger partial charge in [-0.05, 0) is 31.0 Å². The predicted molar refractivity (Wildman–Crippen MR) is 60.8 cm³/mol. The zero-order valence-corrected chi connectivity index (χ0v) is 8.93. The largest absolute Gasteiger partial charge is 0.389 e. The van der Waals surface area contributed by atoms with Crippen LogP contribution in [0.15, 0.2) is 30.5 Å². The maximum Gasteiger partial charge on any atom is 0.129 e. The van der Waals surface area contributed by atoms with Crippen molar-refractivity contribution in [1.82, 2.24) is 4.98 Å². The Bertz CT molecular complexity index is 360. The molecule has 0 spiro atoms. The van der Waals surface area contributed by atoms with Gasteiger partial charge in [-0.2, -0.15) is 0 Å². The van der Waals surface area contributed by atoms with E-state index in [4.69, 9.17) is 0 Å². The second kappa shape index (κ2) is 4.45. The summed E-state index contributed by atoms with van der Waals surface area (Å²) in [4.78, 5) is 6.54. The van der Waals surface area contributed by atoms with Crippen LogP contribution in [0.5, 0.6) is 0 Å². The molecule has 1 aromatic rings. The lowest BCUT2D eigenvalue weighted by atomic mass is 10.1. The minimum atomic E-state index is -0.424. The zero-order chi connectivity index (χ0) is 10.7. The molecule has 1 unspecified atom stereocenters. The third-order valence-electron chi connectivity index (χ3n) is 2.63. The van der Waals surface area contributed by atoms with E-state index in [9.17, 15) is 5.11 Å². The Hall–Kier alpha value is -1.35. The Kier molecular flexibility index (Phi) is 3.02. The predicted octanol–water partition coefficient (Wildman–Crippen LogP) is 1.90. The fraction of sp³-hybridized carbons (Fsp3) is 0.417. The average molecular weight is 204 g/mol. The van der Waals surface area contributed by atoms with Gasteiger partial charge in [0.15, 0.2) is 0 Å². The van der Waals surface area contributed by atoms with Crippen LogP contribution in [0.4, 0.5) is 5.82 Å². The molecule has 1 atom stereocenters. The van der Waals surface area contributed by atoms with Crippen molar-refractivity contribution in [3.05, 3.63) is 36.0 Å². The molecule has 1 aliphatic rings. The van der Waals surface area contributed by atoms with Gasteiger partial charge in [-0.25, -0.2) is 4.98 Å². The first-order valence-electron chi connectivity index (χ1n) is 5.31. The molecule has 0 aliphatic carbocycles. The number of anilines is 1. The van der Waals surface area contributed by atoms with Crippen LogP contribution in [0.1, 0.15) is 25.0 Å². The second-order valence-electron chi connectivity index (χ2n) is 3.83. The van der Waals surface area contributed by atoms with E-state index in [0.717, 1.165) is 30.9 Å². The Balaban J connectivity index is 2.20. The van der Waals surface area contributed by atoms with Gasteiger partial charge in [0.1, 0.15) is 5.82 Å². The number of nitrogens with zero attached hydrogens (tertiary/aromatic N) is 2. The Morgan fingerprint density at radius 2 is 2.33 bits per heavy atom. The van der Waals surface area contributed by atoms with E-state index < -0.39 is 6.10 Å². The Morgan fingerprint density at radius 3 is 3.00 bits per heavy atom. The maximum absolute atomic E-state index is 9.49. The van der Waals surface area contributed by atoms with Gasteiger partial charge in [0.25, 0.3) is 0 Å². The van der Waals surface area contributed by atoms with Gasteiger partial charge in [-0.1, -0.05) is 12.2 Å². The number of pyridine rings is 1. The molecule has 0 radical (unpaired) electrons. The lowest BCUT2D eigenvalue weighted by Crippen LogP contribution is -2.27. The number of aliphatic hydroxyl groups is 1. The molecule has 0 fully saturated rings. The molecular formula is C12H16N2O. The Labute approximate surface area is 90.1 Å². The van der Waals surface area contributed by atoms with Crippen LogP contribution in [0.3, 0.4) is 0 Å². The molecule has 3 nitrogen and oxygen atoms in total. The minimum absolute atomic E-state index is 0.424. The van der Waals surface area contributed by atoms with Crippen LogP contribution in [-0.2, 0) is 0 Å². The molecule has 0 saturated heterocycles. The van der Waals surface area contributed by atoms with Crippen LogP contribution >= 0.6 is 0 Å². The highest BCUT2D eigenvalue weighted by Gasteiger charge is 2.10. The lowest BCUT2D eigenvalue weighted by molar-refractivity contribution is 0.199. The highest BCUT2D eigenvalue weighted by Crippen LogP contribution is 2.19. The number of hydrogen-bond acceptors (Lipinski definition) is 3. The van der Waals surface area contributed by atoms with E-state index in [0.29, 0.717) is 0 Å². The standard InChI is InChI=1S/C12H16N2O/c1-10(15)11-5-6-13-12(9-11)14-7-3-2-4-8-14/h2-3,5-6,9-10,15H,4,7-8H2,1H3. The van der Waals surface area contributed by atoms with Crippen LogP contribution in [0.2, 0.25) is 0 Å². The van der Waals surface area contributed by atoms with E-state index in [1.807, 2.05) is 12.1 Å². The quantitative estimate of drug-likeness (QED) is 0.747. The van der Waals surface area contributed by atoms with Crippen molar-refractivity contribution in [1.29, 1.82) is 0 Å². The highest BCUT2D eigenvalue weighted by atomic mass is 16.3. The van der Waals surface area contributed by atoms with Gasteiger partial charge in [0, 0.05) is 19.3 Å². The SMILES string of the molecule is CC(O)c1ccnc(N2CC=CCC2)c1. The number of hydrogen-bond donors (Lipinski definition) is 1. The molecule has 0 saturated carbocycles.